The van der Waals surface area contributed by atoms with Gasteiger partial charge in [-0.25, -0.2) is 0 Å². The maximum Gasteiger partial charge on any atom is 0.0735 e. The van der Waals surface area contributed by atoms with Crippen LogP contribution in [0.3, 0.4) is 0 Å². The summed E-state index contributed by atoms with van der Waals surface area (Å²) in [5.41, 5.74) is 1.08. The highest BCUT2D eigenvalue weighted by atomic mass is 79.9. The van der Waals surface area contributed by atoms with Crippen LogP contribution in [0.15, 0.2) is 22.7 Å². The first kappa shape index (κ1) is 14.4. The van der Waals surface area contributed by atoms with Crippen molar-refractivity contribution in [2.45, 2.75) is 51.7 Å². The Hall–Kier alpha value is -0.0500. The van der Waals surface area contributed by atoms with E-state index in [1.807, 2.05) is 18.2 Å². The van der Waals surface area contributed by atoms with E-state index in [4.69, 9.17) is 16.3 Å². The molecule has 0 N–H and O–H groups in total. The summed E-state index contributed by atoms with van der Waals surface area (Å²) in [7, 11) is 0. The SMILES string of the molecule is CCC1CCCCC1OCc1ccc(Br)cc1Cl. The Kier molecular flexibility index (Phi) is 5.53. The van der Waals surface area contributed by atoms with E-state index in [0.717, 1.165) is 21.0 Å². The minimum absolute atomic E-state index is 0.420. The molecule has 2 atom stereocenters. The molecular weight excluding hydrogens is 312 g/mol. The molecule has 1 saturated carbocycles. The summed E-state index contributed by atoms with van der Waals surface area (Å²) in [6.45, 7) is 2.90. The van der Waals surface area contributed by atoms with Gasteiger partial charge < -0.3 is 4.74 Å². The van der Waals surface area contributed by atoms with Gasteiger partial charge in [0.1, 0.15) is 0 Å². The first-order valence-electron chi connectivity index (χ1n) is 6.76. The van der Waals surface area contributed by atoms with Crippen molar-refractivity contribution in [2.75, 3.05) is 0 Å². The predicted molar refractivity (Wildman–Crippen MR) is 80.0 cm³/mol. The molecule has 1 aromatic rings. The van der Waals surface area contributed by atoms with Crippen LogP contribution in [0.2, 0.25) is 5.02 Å². The summed E-state index contributed by atoms with van der Waals surface area (Å²) < 4.78 is 7.11. The van der Waals surface area contributed by atoms with Crippen LogP contribution in [0.5, 0.6) is 0 Å². The molecule has 1 fully saturated rings. The van der Waals surface area contributed by atoms with Crippen molar-refractivity contribution in [1.82, 2.24) is 0 Å². The lowest BCUT2D eigenvalue weighted by molar-refractivity contribution is -0.0221. The molecular formula is C15H20BrClO. The number of rotatable bonds is 4. The summed E-state index contributed by atoms with van der Waals surface area (Å²) in [6, 6.07) is 5.98. The van der Waals surface area contributed by atoms with Crippen LogP contribution in [0, 0.1) is 5.92 Å². The molecule has 0 aliphatic heterocycles. The van der Waals surface area contributed by atoms with Crippen molar-refractivity contribution < 1.29 is 4.74 Å². The van der Waals surface area contributed by atoms with Gasteiger partial charge in [0.15, 0.2) is 0 Å². The molecule has 0 radical (unpaired) electrons. The minimum atomic E-state index is 0.420. The highest BCUT2D eigenvalue weighted by molar-refractivity contribution is 9.10. The summed E-state index contributed by atoms with van der Waals surface area (Å²) in [5.74, 6) is 0.730. The molecule has 1 aliphatic rings. The molecule has 0 amide bonds. The molecule has 0 heterocycles. The van der Waals surface area contributed by atoms with Crippen LogP contribution in [-0.4, -0.2) is 6.10 Å². The Morgan fingerprint density at radius 3 is 2.83 bits per heavy atom. The Balaban J connectivity index is 1.93. The monoisotopic (exact) mass is 330 g/mol. The average molecular weight is 332 g/mol. The van der Waals surface area contributed by atoms with Crippen molar-refractivity contribution >= 4 is 27.5 Å². The second-order valence-corrected chi connectivity index (χ2v) is 6.36. The maximum absolute atomic E-state index is 6.21. The third-order valence-corrected chi connectivity index (χ3v) is 4.68. The quantitative estimate of drug-likeness (QED) is 0.699. The number of ether oxygens (including phenoxy) is 1. The first-order valence-corrected chi connectivity index (χ1v) is 7.93. The van der Waals surface area contributed by atoms with Gasteiger partial charge in [0, 0.05) is 9.50 Å². The fraction of sp³-hybridized carbons (Fsp3) is 0.600. The largest absolute Gasteiger partial charge is 0.373 e. The fourth-order valence-corrected chi connectivity index (χ4v) is 3.42. The van der Waals surface area contributed by atoms with E-state index in [-0.39, 0.29) is 0 Å². The zero-order valence-electron chi connectivity index (χ0n) is 10.8. The molecule has 1 nitrogen and oxygen atoms in total. The van der Waals surface area contributed by atoms with Crippen LogP contribution >= 0.6 is 27.5 Å². The van der Waals surface area contributed by atoms with Gasteiger partial charge in [-0.05, 0) is 36.5 Å². The molecule has 2 rings (SSSR count). The normalized spacial score (nSPS) is 24.2. The van der Waals surface area contributed by atoms with Gasteiger partial charge in [0.2, 0.25) is 0 Å². The van der Waals surface area contributed by atoms with E-state index in [9.17, 15) is 0 Å². The Labute approximate surface area is 123 Å². The molecule has 3 heteroatoms. The van der Waals surface area contributed by atoms with E-state index in [1.54, 1.807) is 0 Å². The molecule has 2 unspecified atom stereocenters. The summed E-state index contributed by atoms with van der Waals surface area (Å²) in [4.78, 5) is 0. The second-order valence-electron chi connectivity index (χ2n) is 5.04. The molecule has 100 valence electrons. The number of hydrogen-bond donors (Lipinski definition) is 0. The third-order valence-electron chi connectivity index (χ3n) is 3.83. The van der Waals surface area contributed by atoms with Crippen LogP contribution in [-0.2, 0) is 11.3 Å². The van der Waals surface area contributed by atoms with Crippen molar-refractivity contribution in [2.24, 2.45) is 5.92 Å². The Morgan fingerprint density at radius 2 is 2.11 bits per heavy atom. The van der Waals surface area contributed by atoms with E-state index < -0.39 is 0 Å². The molecule has 1 aliphatic carbocycles. The average Bonchev–Trinajstić information content (AvgIpc) is 2.38. The summed E-state index contributed by atoms with van der Waals surface area (Å²) in [6.07, 6.45) is 6.82. The maximum atomic E-state index is 6.21. The van der Waals surface area contributed by atoms with E-state index in [0.29, 0.717) is 12.7 Å². The minimum Gasteiger partial charge on any atom is -0.373 e. The highest BCUT2D eigenvalue weighted by Crippen LogP contribution is 2.30. The molecule has 0 spiro atoms. The van der Waals surface area contributed by atoms with Gasteiger partial charge in [0.05, 0.1) is 12.7 Å². The molecule has 0 saturated heterocycles. The first-order chi connectivity index (χ1) is 8.70. The highest BCUT2D eigenvalue weighted by Gasteiger charge is 2.24. The standard InChI is InChI=1S/C15H20BrClO/c1-2-11-5-3-4-6-15(11)18-10-12-7-8-13(16)9-14(12)17/h7-9,11,15H,2-6,10H2,1H3. The lowest BCUT2D eigenvalue weighted by Gasteiger charge is -2.30. The molecule has 0 bridgehead atoms. The van der Waals surface area contributed by atoms with Crippen LogP contribution in [0.4, 0.5) is 0 Å². The van der Waals surface area contributed by atoms with Crippen molar-refractivity contribution in [3.05, 3.63) is 33.3 Å². The fourth-order valence-electron chi connectivity index (χ4n) is 2.70. The summed E-state index contributed by atoms with van der Waals surface area (Å²) in [5, 5.41) is 0.785. The van der Waals surface area contributed by atoms with E-state index in [1.165, 1.54) is 32.1 Å². The van der Waals surface area contributed by atoms with Gasteiger partial charge >= 0.3 is 0 Å². The van der Waals surface area contributed by atoms with Gasteiger partial charge in [-0.2, -0.15) is 0 Å². The molecule has 18 heavy (non-hydrogen) atoms. The zero-order chi connectivity index (χ0) is 13.0. The van der Waals surface area contributed by atoms with Crippen LogP contribution < -0.4 is 0 Å². The van der Waals surface area contributed by atoms with Gasteiger partial charge in [0.25, 0.3) is 0 Å². The number of halogens is 2. The van der Waals surface area contributed by atoms with Crippen LogP contribution in [0.1, 0.15) is 44.6 Å². The number of benzene rings is 1. The van der Waals surface area contributed by atoms with Gasteiger partial charge in [-0.15, -0.1) is 0 Å². The second kappa shape index (κ2) is 6.93. The summed E-state index contributed by atoms with van der Waals surface area (Å²) >= 11 is 9.63. The Morgan fingerprint density at radius 1 is 1.33 bits per heavy atom. The number of hydrogen-bond acceptors (Lipinski definition) is 1. The van der Waals surface area contributed by atoms with Crippen molar-refractivity contribution in [3.8, 4) is 0 Å². The van der Waals surface area contributed by atoms with Crippen molar-refractivity contribution in [1.29, 1.82) is 0 Å². The zero-order valence-corrected chi connectivity index (χ0v) is 13.1. The van der Waals surface area contributed by atoms with E-state index in [2.05, 4.69) is 22.9 Å². The molecule has 0 aromatic heterocycles. The Bertz CT molecular complexity index is 394. The smallest absolute Gasteiger partial charge is 0.0735 e. The third kappa shape index (κ3) is 3.72. The van der Waals surface area contributed by atoms with Crippen LogP contribution in [0.25, 0.3) is 0 Å². The van der Waals surface area contributed by atoms with Gasteiger partial charge in [-0.3, -0.25) is 0 Å². The van der Waals surface area contributed by atoms with Crippen molar-refractivity contribution in [3.63, 3.8) is 0 Å². The van der Waals surface area contributed by atoms with Gasteiger partial charge in [-0.1, -0.05) is 59.8 Å². The van der Waals surface area contributed by atoms with E-state index >= 15 is 0 Å². The topological polar surface area (TPSA) is 9.23 Å². The lowest BCUT2D eigenvalue weighted by atomic mass is 9.85. The molecule has 1 aromatic carbocycles. The predicted octanol–water partition coefficient (Wildman–Crippen LogP) is 5.59. The lowest BCUT2D eigenvalue weighted by Crippen LogP contribution is -2.27.